The fourth-order valence-electron chi connectivity index (χ4n) is 3.07. The molecule has 1 fully saturated rings. The van der Waals surface area contributed by atoms with E-state index < -0.39 is 0 Å². The Morgan fingerprint density at radius 2 is 2.04 bits per heavy atom. The van der Waals surface area contributed by atoms with Gasteiger partial charge in [0.15, 0.2) is 11.6 Å². The summed E-state index contributed by atoms with van der Waals surface area (Å²) in [6.07, 6.45) is 0. The predicted octanol–water partition coefficient (Wildman–Crippen LogP) is 1.17. The number of ether oxygens (including phenoxy) is 1. The molecular formula is C18H19N5O4. The molecule has 0 unspecified atom stereocenters. The van der Waals surface area contributed by atoms with Crippen molar-refractivity contribution < 1.29 is 14.1 Å². The molecule has 9 nitrogen and oxygen atoms in total. The zero-order chi connectivity index (χ0) is 18.8. The first-order valence-electron chi connectivity index (χ1n) is 8.67. The summed E-state index contributed by atoms with van der Waals surface area (Å²) in [5.41, 5.74) is 0.955. The van der Waals surface area contributed by atoms with E-state index in [-0.39, 0.29) is 18.0 Å². The summed E-state index contributed by atoms with van der Waals surface area (Å²) in [6.45, 7) is 3.85. The number of amides is 1. The third-order valence-corrected chi connectivity index (χ3v) is 4.34. The maximum Gasteiger partial charge on any atom is 0.294 e. The highest BCUT2D eigenvalue weighted by Crippen LogP contribution is 2.16. The number of rotatable bonds is 4. The first-order chi connectivity index (χ1) is 13.1. The van der Waals surface area contributed by atoms with Crippen LogP contribution in [0, 0.1) is 6.92 Å². The second kappa shape index (κ2) is 7.20. The van der Waals surface area contributed by atoms with Crippen molar-refractivity contribution in [3.05, 3.63) is 46.4 Å². The molecule has 9 heteroatoms. The number of benzene rings is 1. The second-order valence-electron chi connectivity index (χ2n) is 6.29. The lowest BCUT2D eigenvalue weighted by molar-refractivity contribution is -0.116. The molecule has 1 amide bonds. The van der Waals surface area contributed by atoms with Crippen molar-refractivity contribution in [1.82, 2.24) is 14.7 Å². The van der Waals surface area contributed by atoms with Crippen LogP contribution in [0.5, 0.6) is 0 Å². The Kier molecular flexibility index (Phi) is 4.59. The van der Waals surface area contributed by atoms with Crippen LogP contribution in [0.3, 0.4) is 0 Å². The zero-order valence-electron chi connectivity index (χ0n) is 14.8. The molecule has 1 aromatic carbocycles. The quantitative estimate of drug-likeness (QED) is 0.736. The van der Waals surface area contributed by atoms with Gasteiger partial charge in [-0.05, 0) is 19.1 Å². The number of fused-ring (bicyclic) bond motifs is 1. The van der Waals surface area contributed by atoms with Crippen LogP contribution < -0.4 is 15.8 Å². The molecule has 1 N–H and O–H groups in total. The van der Waals surface area contributed by atoms with Gasteiger partial charge in [0, 0.05) is 19.2 Å². The third kappa shape index (κ3) is 3.54. The molecular weight excluding hydrogens is 350 g/mol. The Bertz CT molecular complexity index is 1040. The molecule has 140 valence electrons. The van der Waals surface area contributed by atoms with E-state index in [0.717, 1.165) is 0 Å². The van der Waals surface area contributed by atoms with Crippen LogP contribution >= 0.6 is 0 Å². The maximum atomic E-state index is 13.1. The van der Waals surface area contributed by atoms with E-state index in [1.807, 2.05) is 23.1 Å². The smallest absolute Gasteiger partial charge is 0.294 e. The van der Waals surface area contributed by atoms with Crippen molar-refractivity contribution in [2.75, 3.05) is 36.5 Å². The van der Waals surface area contributed by atoms with Gasteiger partial charge in [0.2, 0.25) is 5.91 Å². The van der Waals surface area contributed by atoms with Gasteiger partial charge in [0.1, 0.15) is 12.3 Å². The molecule has 3 aromatic rings. The Morgan fingerprint density at radius 3 is 2.78 bits per heavy atom. The summed E-state index contributed by atoms with van der Waals surface area (Å²) in [7, 11) is 0. The minimum atomic E-state index is -0.366. The van der Waals surface area contributed by atoms with Crippen molar-refractivity contribution >= 4 is 28.6 Å². The first kappa shape index (κ1) is 17.2. The van der Waals surface area contributed by atoms with Gasteiger partial charge in [-0.15, -0.1) is 0 Å². The number of aryl methyl sites for hydroxylation is 1. The topological polar surface area (TPSA) is 102 Å². The molecule has 0 spiro atoms. The standard InChI is InChI=1S/C18H19N5O4/c1-12-10-15(21-27-12)20-16(24)11-23-14-5-3-2-4-13(14)19-17(18(23)25)22-6-8-26-9-7-22/h2-5,10H,6-9,11H2,1H3,(H,20,21,24). The Morgan fingerprint density at radius 1 is 1.26 bits per heavy atom. The van der Waals surface area contributed by atoms with Gasteiger partial charge in [0.05, 0.1) is 24.2 Å². The number of nitrogens with one attached hydrogen (secondary N) is 1. The van der Waals surface area contributed by atoms with E-state index in [4.69, 9.17) is 9.26 Å². The predicted molar refractivity (Wildman–Crippen MR) is 98.9 cm³/mol. The SMILES string of the molecule is Cc1cc(NC(=O)Cn2c(=O)c(N3CCOCC3)nc3ccccc32)no1. The number of para-hydroxylation sites is 2. The first-order valence-corrected chi connectivity index (χ1v) is 8.67. The molecule has 0 bridgehead atoms. The van der Waals surface area contributed by atoms with Crippen molar-refractivity contribution in [3.63, 3.8) is 0 Å². The fourth-order valence-corrected chi connectivity index (χ4v) is 3.07. The number of aromatic nitrogens is 3. The number of carbonyl (C=O) groups is 1. The molecule has 0 radical (unpaired) electrons. The van der Waals surface area contributed by atoms with Crippen LogP contribution in [-0.4, -0.2) is 46.9 Å². The van der Waals surface area contributed by atoms with Gasteiger partial charge in [-0.25, -0.2) is 4.98 Å². The van der Waals surface area contributed by atoms with E-state index in [9.17, 15) is 9.59 Å². The van der Waals surface area contributed by atoms with E-state index in [1.54, 1.807) is 19.1 Å². The lowest BCUT2D eigenvalue weighted by Gasteiger charge is -2.27. The molecule has 0 saturated carbocycles. The monoisotopic (exact) mass is 369 g/mol. The van der Waals surface area contributed by atoms with Gasteiger partial charge in [-0.2, -0.15) is 0 Å². The van der Waals surface area contributed by atoms with Crippen LogP contribution in [0.4, 0.5) is 11.6 Å². The van der Waals surface area contributed by atoms with Crippen molar-refractivity contribution in [1.29, 1.82) is 0 Å². The maximum absolute atomic E-state index is 13.1. The number of morpholine rings is 1. The normalized spacial score (nSPS) is 14.5. The van der Waals surface area contributed by atoms with E-state index in [1.165, 1.54) is 4.57 Å². The largest absolute Gasteiger partial charge is 0.378 e. The zero-order valence-corrected chi connectivity index (χ0v) is 14.8. The van der Waals surface area contributed by atoms with E-state index >= 15 is 0 Å². The van der Waals surface area contributed by atoms with Gasteiger partial charge in [-0.3, -0.25) is 14.2 Å². The molecule has 1 aliphatic heterocycles. The summed E-state index contributed by atoms with van der Waals surface area (Å²) in [5.74, 6) is 0.875. The van der Waals surface area contributed by atoms with Crippen molar-refractivity contribution in [2.24, 2.45) is 0 Å². The van der Waals surface area contributed by atoms with Gasteiger partial charge in [0.25, 0.3) is 5.56 Å². The number of carbonyl (C=O) groups excluding carboxylic acids is 1. The molecule has 0 aliphatic carbocycles. The minimum Gasteiger partial charge on any atom is -0.378 e. The average Bonchev–Trinajstić information content (AvgIpc) is 3.09. The number of anilines is 2. The summed E-state index contributed by atoms with van der Waals surface area (Å²) < 4.78 is 11.7. The molecule has 1 aliphatic rings. The number of hydrogen-bond acceptors (Lipinski definition) is 7. The van der Waals surface area contributed by atoms with Crippen LogP contribution in [0.2, 0.25) is 0 Å². The number of nitrogens with zero attached hydrogens (tertiary/aromatic N) is 4. The summed E-state index contributed by atoms with van der Waals surface area (Å²) in [4.78, 5) is 32.0. The number of hydrogen-bond donors (Lipinski definition) is 1. The van der Waals surface area contributed by atoms with E-state index in [0.29, 0.717) is 54.7 Å². The molecule has 0 atom stereocenters. The van der Waals surface area contributed by atoms with Crippen molar-refractivity contribution in [2.45, 2.75) is 13.5 Å². The Hall–Kier alpha value is -3.20. The van der Waals surface area contributed by atoms with Crippen molar-refractivity contribution in [3.8, 4) is 0 Å². The van der Waals surface area contributed by atoms with Crippen LogP contribution in [0.1, 0.15) is 5.76 Å². The molecule has 3 heterocycles. The molecule has 27 heavy (non-hydrogen) atoms. The highest BCUT2D eigenvalue weighted by Gasteiger charge is 2.20. The fraction of sp³-hybridized carbons (Fsp3) is 0.333. The van der Waals surface area contributed by atoms with Gasteiger partial charge < -0.3 is 19.5 Å². The molecule has 1 saturated heterocycles. The summed E-state index contributed by atoms with van der Waals surface area (Å²) in [6, 6.07) is 8.89. The van der Waals surface area contributed by atoms with Gasteiger partial charge >= 0.3 is 0 Å². The molecule has 2 aromatic heterocycles. The molecule has 4 rings (SSSR count). The van der Waals surface area contributed by atoms with E-state index in [2.05, 4.69) is 15.5 Å². The minimum absolute atomic E-state index is 0.148. The Labute approximate surface area is 154 Å². The third-order valence-electron chi connectivity index (χ3n) is 4.34. The Balaban J connectivity index is 1.70. The highest BCUT2D eigenvalue weighted by molar-refractivity contribution is 5.90. The van der Waals surface area contributed by atoms with Crippen LogP contribution in [-0.2, 0) is 16.1 Å². The average molecular weight is 369 g/mol. The lowest BCUT2D eigenvalue weighted by atomic mass is 10.2. The van der Waals surface area contributed by atoms with Gasteiger partial charge in [-0.1, -0.05) is 17.3 Å². The second-order valence-corrected chi connectivity index (χ2v) is 6.29. The summed E-state index contributed by atoms with van der Waals surface area (Å²) in [5, 5.41) is 6.39. The highest BCUT2D eigenvalue weighted by atomic mass is 16.5. The van der Waals surface area contributed by atoms with Crippen LogP contribution in [0.25, 0.3) is 11.0 Å². The lowest BCUT2D eigenvalue weighted by Crippen LogP contribution is -2.42. The summed E-state index contributed by atoms with van der Waals surface area (Å²) >= 11 is 0. The van der Waals surface area contributed by atoms with Crippen LogP contribution in [0.15, 0.2) is 39.6 Å².